The molecule has 0 spiro atoms. The van der Waals surface area contributed by atoms with Crippen LogP contribution in [0.3, 0.4) is 0 Å². The molecule has 10 rings (SSSR count). The van der Waals surface area contributed by atoms with Gasteiger partial charge in [-0.3, -0.25) is 4.57 Å². The number of rotatable bonds is 4. The third-order valence-corrected chi connectivity index (χ3v) is 10.6. The minimum Gasteiger partial charge on any atom is -0.292 e. The first-order valence-electron chi connectivity index (χ1n) is 16.2. The van der Waals surface area contributed by atoms with Gasteiger partial charge in [0.15, 0.2) is 0 Å². The number of pyridine rings is 1. The Kier molecular flexibility index (Phi) is 6.05. The van der Waals surface area contributed by atoms with Crippen LogP contribution in [-0.2, 0) is 0 Å². The van der Waals surface area contributed by atoms with Gasteiger partial charge in [-0.25, -0.2) is 9.97 Å². The van der Waals surface area contributed by atoms with Crippen molar-refractivity contribution in [3.05, 3.63) is 164 Å². The van der Waals surface area contributed by atoms with E-state index in [0.717, 1.165) is 44.9 Å². The molecule has 48 heavy (non-hydrogen) atoms. The molecule has 3 aromatic heterocycles. The lowest BCUT2D eigenvalue weighted by atomic mass is 9.92. The Balaban J connectivity index is 1.26. The predicted octanol–water partition coefficient (Wildman–Crippen LogP) is 12.1. The van der Waals surface area contributed by atoms with Gasteiger partial charge in [-0.15, -0.1) is 11.3 Å². The van der Waals surface area contributed by atoms with Gasteiger partial charge in [0.05, 0.1) is 22.2 Å². The van der Waals surface area contributed by atoms with E-state index in [2.05, 4.69) is 162 Å². The zero-order chi connectivity index (χ0) is 31.6. The molecule has 0 atom stereocenters. The minimum absolute atomic E-state index is 0.938. The molecule has 10 aromatic rings. The minimum atomic E-state index is 0.938. The number of fused-ring (bicyclic) bond motifs is 8. The number of thiophene rings is 1. The lowest BCUT2D eigenvalue weighted by molar-refractivity contribution is 1.10. The van der Waals surface area contributed by atoms with Crippen molar-refractivity contribution in [3.8, 4) is 39.5 Å². The third-order valence-electron chi connectivity index (χ3n) is 9.39. The van der Waals surface area contributed by atoms with Gasteiger partial charge in [-0.05, 0) is 48.0 Å². The molecule has 0 radical (unpaired) electrons. The largest absolute Gasteiger partial charge is 0.292 e. The molecule has 0 fully saturated rings. The Morgan fingerprint density at radius 3 is 1.90 bits per heavy atom. The molecule has 0 N–H and O–H groups in total. The van der Waals surface area contributed by atoms with Crippen molar-refractivity contribution in [2.24, 2.45) is 0 Å². The molecule has 0 aliphatic heterocycles. The summed E-state index contributed by atoms with van der Waals surface area (Å²) in [5, 5.41) is 6.21. The highest BCUT2D eigenvalue weighted by Gasteiger charge is 2.20. The van der Waals surface area contributed by atoms with Crippen LogP contribution in [0.15, 0.2) is 164 Å². The van der Waals surface area contributed by atoms with E-state index in [1.807, 2.05) is 17.4 Å². The van der Waals surface area contributed by atoms with Crippen LogP contribution >= 0.6 is 11.3 Å². The van der Waals surface area contributed by atoms with E-state index in [9.17, 15) is 0 Å². The first-order chi connectivity index (χ1) is 23.8. The maximum absolute atomic E-state index is 5.29. The standard InChI is InChI=1S/C44H27N3S/c1-3-13-29(14-4-1)42-35-27-34(43-41(33-18-8-12-22-39(33)48-43)40(35)32-17-7-9-19-36(32)45-42)28-23-25-31(26-24-28)47-38-21-11-10-20-37(38)46-44(47)30-15-5-2-6-16-30/h1-27H. The van der Waals surface area contributed by atoms with Crippen molar-refractivity contribution in [1.82, 2.24) is 14.5 Å². The number of hydrogen-bond donors (Lipinski definition) is 0. The molecule has 0 aliphatic carbocycles. The summed E-state index contributed by atoms with van der Waals surface area (Å²) in [6, 6.07) is 58.2. The number of hydrogen-bond acceptors (Lipinski definition) is 3. The zero-order valence-corrected chi connectivity index (χ0v) is 26.7. The molecule has 0 saturated carbocycles. The summed E-state index contributed by atoms with van der Waals surface area (Å²) < 4.78 is 4.86. The monoisotopic (exact) mass is 629 g/mol. The fourth-order valence-electron chi connectivity index (χ4n) is 7.22. The molecule has 0 unspecified atom stereocenters. The van der Waals surface area contributed by atoms with E-state index in [-0.39, 0.29) is 0 Å². The van der Waals surface area contributed by atoms with Crippen molar-refractivity contribution in [2.75, 3.05) is 0 Å². The molecule has 224 valence electrons. The highest BCUT2D eigenvalue weighted by molar-refractivity contribution is 7.26. The van der Waals surface area contributed by atoms with Gasteiger partial charge >= 0.3 is 0 Å². The van der Waals surface area contributed by atoms with E-state index in [1.54, 1.807) is 0 Å². The van der Waals surface area contributed by atoms with Crippen LogP contribution in [0.25, 0.3) is 92.3 Å². The van der Waals surface area contributed by atoms with Crippen molar-refractivity contribution in [1.29, 1.82) is 0 Å². The normalized spacial score (nSPS) is 11.8. The van der Waals surface area contributed by atoms with Crippen LogP contribution in [-0.4, -0.2) is 14.5 Å². The van der Waals surface area contributed by atoms with E-state index in [0.29, 0.717) is 0 Å². The van der Waals surface area contributed by atoms with Crippen LogP contribution in [0.5, 0.6) is 0 Å². The molecule has 0 bridgehead atoms. The molecule has 4 heteroatoms. The van der Waals surface area contributed by atoms with Crippen LogP contribution in [0, 0.1) is 0 Å². The van der Waals surface area contributed by atoms with E-state index in [1.165, 1.54) is 47.5 Å². The Morgan fingerprint density at radius 1 is 0.458 bits per heavy atom. The van der Waals surface area contributed by atoms with E-state index in [4.69, 9.17) is 9.97 Å². The Labute approximate surface area is 281 Å². The average Bonchev–Trinajstić information content (AvgIpc) is 3.74. The smallest absolute Gasteiger partial charge is 0.145 e. The van der Waals surface area contributed by atoms with Crippen LogP contribution in [0.4, 0.5) is 0 Å². The summed E-state index contributed by atoms with van der Waals surface area (Å²) >= 11 is 1.88. The van der Waals surface area contributed by atoms with Gasteiger partial charge in [-0.2, -0.15) is 0 Å². The Hall–Kier alpha value is -6.10. The highest BCUT2D eigenvalue weighted by Crippen LogP contribution is 2.47. The maximum atomic E-state index is 5.29. The lowest BCUT2D eigenvalue weighted by Gasteiger charge is -2.15. The SMILES string of the molecule is c1ccc(-c2nc3ccccc3c3c2cc(-c2ccc(-n4c(-c5ccccc5)nc5ccccc54)cc2)c2sc4ccccc4c23)cc1. The second-order valence-electron chi connectivity index (χ2n) is 12.2. The quantitative estimate of drug-likeness (QED) is 0.181. The van der Waals surface area contributed by atoms with Gasteiger partial charge in [0.2, 0.25) is 0 Å². The van der Waals surface area contributed by atoms with Gasteiger partial charge in [0, 0.05) is 58.7 Å². The van der Waals surface area contributed by atoms with Gasteiger partial charge in [0.25, 0.3) is 0 Å². The first-order valence-corrected chi connectivity index (χ1v) is 17.0. The van der Waals surface area contributed by atoms with Crippen LogP contribution in [0.1, 0.15) is 0 Å². The predicted molar refractivity (Wildman–Crippen MR) is 203 cm³/mol. The topological polar surface area (TPSA) is 30.7 Å². The summed E-state index contributed by atoms with van der Waals surface area (Å²) in [6.07, 6.45) is 0. The maximum Gasteiger partial charge on any atom is 0.145 e. The molecule has 0 aliphatic rings. The molecule has 0 saturated heterocycles. The Bertz CT molecular complexity index is 2810. The number of aromatic nitrogens is 3. The summed E-state index contributed by atoms with van der Waals surface area (Å²) in [4.78, 5) is 10.3. The average molecular weight is 630 g/mol. The molecule has 0 amide bonds. The Morgan fingerprint density at radius 2 is 1.10 bits per heavy atom. The van der Waals surface area contributed by atoms with Crippen molar-refractivity contribution < 1.29 is 0 Å². The summed E-state index contributed by atoms with van der Waals surface area (Å²) in [7, 11) is 0. The van der Waals surface area contributed by atoms with Crippen molar-refractivity contribution >= 4 is 64.2 Å². The first kappa shape index (κ1) is 27.1. The molecule has 3 nitrogen and oxygen atoms in total. The molecular formula is C44H27N3S. The second-order valence-corrected chi connectivity index (χ2v) is 13.2. The number of nitrogens with zero attached hydrogens (tertiary/aromatic N) is 3. The fourth-order valence-corrected chi connectivity index (χ4v) is 8.47. The van der Waals surface area contributed by atoms with Crippen LogP contribution in [0.2, 0.25) is 0 Å². The van der Waals surface area contributed by atoms with Gasteiger partial charge in [0.1, 0.15) is 5.82 Å². The van der Waals surface area contributed by atoms with Gasteiger partial charge in [-0.1, -0.05) is 121 Å². The van der Waals surface area contributed by atoms with Crippen molar-refractivity contribution in [3.63, 3.8) is 0 Å². The fraction of sp³-hybridized carbons (Fsp3) is 0. The van der Waals surface area contributed by atoms with Gasteiger partial charge < -0.3 is 0 Å². The molecule has 7 aromatic carbocycles. The summed E-state index contributed by atoms with van der Waals surface area (Å²) in [5.74, 6) is 0.938. The highest BCUT2D eigenvalue weighted by atomic mass is 32.1. The third kappa shape index (κ3) is 4.13. The number of benzene rings is 7. The molecule has 3 heterocycles. The van der Waals surface area contributed by atoms with E-state index >= 15 is 0 Å². The van der Waals surface area contributed by atoms with E-state index < -0.39 is 0 Å². The number of imidazole rings is 1. The second kappa shape index (κ2) is 10.7. The van der Waals surface area contributed by atoms with Crippen LogP contribution < -0.4 is 0 Å². The zero-order valence-electron chi connectivity index (χ0n) is 25.8. The number of para-hydroxylation sites is 3. The summed E-state index contributed by atoms with van der Waals surface area (Å²) in [5.41, 5.74) is 9.78. The van der Waals surface area contributed by atoms with Crippen molar-refractivity contribution in [2.45, 2.75) is 0 Å². The lowest BCUT2D eigenvalue weighted by Crippen LogP contribution is -1.97. The molecular weight excluding hydrogens is 603 g/mol. The summed E-state index contributed by atoms with van der Waals surface area (Å²) in [6.45, 7) is 0.